The smallest absolute Gasteiger partial charge is 0.254 e. The topological polar surface area (TPSA) is 84.9 Å². The van der Waals surface area contributed by atoms with E-state index in [1.54, 1.807) is 25.1 Å². The molecular formula is C14H14N2O5. The van der Waals surface area contributed by atoms with E-state index in [0.717, 1.165) is 0 Å². The first kappa shape index (κ1) is 13.4. The van der Waals surface area contributed by atoms with Gasteiger partial charge in [0.2, 0.25) is 18.6 Å². The zero-order valence-electron chi connectivity index (χ0n) is 11.4. The van der Waals surface area contributed by atoms with Crippen LogP contribution in [-0.2, 0) is 9.59 Å². The zero-order chi connectivity index (χ0) is 15.0. The number of ether oxygens (including phenoxy) is 2. The van der Waals surface area contributed by atoms with Crippen LogP contribution in [0.15, 0.2) is 18.2 Å². The lowest BCUT2D eigenvalue weighted by Gasteiger charge is -2.25. The molecule has 110 valence electrons. The van der Waals surface area contributed by atoms with E-state index in [0.29, 0.717) is 23.6 Å². The molecule has 2 aliphatic rings. The molecule has 1 atom stereocenters. The largest absolute Gasteiger partial charge is 0.454 e. The zero-order valence-corrected chi connectivity index (χ0v) is 11.4. The molecule has 0 unspecified atom stereocenters. The van der Waals surface area contributed by atoms with E-state index in [2.05, 4.69) is 5.32 Å². The molecule has 0 aliphatic carbocycles. The Morgan fingerprint density at radius 2 is 2.10 bits per heavy atom. The van der Waals surface area contributed by atoms with Crippen molar-refractivity contribution in [3.63, 3.8) is 0 Å². The highest BCUT2D eigenvalue weighted by atomic mass is 16.7. The predicted molar refractivity (Wildman–Crippen MR) is 70.8 cm³/mol. The third kappa shape index (κ3) is 2.31. The summed E-state index contributed by atoms with van der Waals surface area (Å²) in [6, 6.07) is 4.11. The molecule has 0 aromatic heterocycles. The molecule has 1 aromatic rings. The molecule has 7 heteroatoms. The lowest BCUT2D eigenvalue weighted by molar-refractivity contribution is -0.126. The Morgan fingerprint density at radius 1 is 1.33 bits per heavy atom. The van der Waals surface area contributed by atoms with Crippen molar-refractivity contribution in [3.05, 3.63) is 23.8 Å². The monoisotopic (exact) mass is 290 g/mol. The van der Waals surface area contributed by atoms with Gasteiger partial charge in [0, 0.05) is 12.1 Å². The van der Waals surface area contributed by atoms with E-state index in [9.17, 15) is 14.4 Å². The number of imide groups is 1. The maximum Gasteiger partial charge on any atom is 0.254 e. The van der Waals surface area contributed by atoms with Crippen LogP contribution in [0.3, 0.4) is 0 Å². The molecule has 0 saturated carbocycles. The van der Waals surface area contributed by atoms with E-state index in [-0.39, 0.29) is 25.0 Å². The molecule has 0 radical (unpaired) electrons. The minimum atomic E-state index is -0.750. The van der Waals surface area contributed by atoms with Crippen molar-refractivity contribution in [1.29, 1.82) is 0 Å². The third-order valence-corrected chi connectivity index (χ3v) is 3.54. The van der Waals surface area contributed by atoms with E-state index >= 15 is 0 Å². The normalized spacial score (nSPS) is 19.6. The number of carbonyl (C=O) groups excluding carboxylic acids is 3. The van der Waals surface area contributed by atoms with Crippen molar-refractivity contribution in [2.75, 3.05) is 13.3 Å². The SMILES string of the molecule is CCN(C(=O)c1ccc2c(c1)OCO2)[C@@H]1CC(=O)NC1=O. The molecule has 2 heterocycles. The first-order valence-corrected chi connectivity index (χ1v) is 6.64. The van der Waals surface area contributed by atoms with Crippen LogP contribution in [0.25, 0.3) is 0 Å². The standard InChI is InChI=1S/C14H14N2O5/c1-2-16(9-6-12(17)15-13(9)18)14(19)8-3-4-10-11(5-8)21-7-20-10/h3-5,9H,2,6-7H2,1H3,(H,15,17,18)/t9-/m1/s1. The van der Waals surface area contributed by atoms with Gasteiger partial charge in [-0.2, -0.15) is 0 Å². The first-order valence-electron chi connectivity index (χ1n) is 6.64. The third-order valence-electron chi connectivity index (χ3n) is 3.54. The number of fused-ring (bicyclic) bond motifs is 1. The predicted octanol–water partition coefficient (Wildman–Crippen LogP) is 0.292. The average molecular weight is 290 g/mol. The van der Waals surface area contributed by atoms with Crippen molar-refractivity contribution in [2.24, 2.45) is 0 Å². The summed E-state index contributed by atoms with van der Waals surface area (Å²) in [5.74, 6) is -0.0178. The van der Waals surface area contributed by atoms with Crippen molar-refractivity contribution < 1.29 is 23.9 Å². The van der Waals surface area contributed by atoms with Gasteiger partial charge in [-0.25, -0.2) is 0 Å². The molecule has 21 heavy (non-hydrogen) atoms. The van der Waals surface area contributed by atoms with Gasteiger partial charge < -0.3 is 14.4 Å². The second-order valence-electron chi connectivity index (χ2n) is 4.79. The minimum Gasteiger partial charge on any atom is -0.454 e. The van der Waals surface area contributed by atoms with Gasteiger partial charge in [-0.05, 0) is 25.1 Å². The van der Waals surface area contributed by atoms with Crippen LogP contribution in [0.1, 0.15) is 23.7 Å². The molecular weight excluding hydrogens is 276 g/mol. The Morgan fingerprint density at radius 3 is 2.76 bits per heavy atom. The van der Waals surface area contributed by atoms with Gasteiger partial charge in [0.15, 0.2) is 11.5 Å². The van der Waals surface area contributed by atoms with E-state index in [1.165, 1.54) is 4.90 Å². The van der Waals surface area contributed by atoms with Gasteiger partial charge in [-0.3, -0.25) is 19.7 Å². The number of nitrogens with zero attached hydrogens (tertiary/aromatic N) is 1. The minimum absolute atomic E-state index is 0.00294. The molecule has 3 rings (SSSR count). The van der Waals surface area contributed by atoms with Gasteiger partial charge in [0.25, 0.3) is 5.91 Å². The molecule has 1 N–H and O–H groups in total. The van der Waals surface area contributed by atoms with Crippen LogP contribution < -0.4 is 14.8 Å². The van der Waals surface area contributed by atoms with Crippen LogP contribution in [0, 0.1) is 0 Å². The summed E-state index contributed by atoms with van der Waals surface area (Å²) in [6.07, 6.45) is 0.00294. The molecule has 2 aliphatic heterocycles. The Labute approximate surface area is 120 Å². The fourth-order valence-electron chi connectivity index (χ4n) is 2.49. The highest BCUT2D eigenvalue weighted by Gasteiger charge is 2.37. The second-order valence-corrected chi connectivity index (χ2v) is 4.79. The quantitative estimate of drug-likeness (QED) is 0.809. The van der Waals surface area contributed by atoms with Crippen molar-refractivity contribution in [2.45, 2.75) is 19.4 Å². The number of benzene rings is 1. The van der Waals surface area contributed by atoms with Gasteiger partial charge in [-0.1, -0.05) is 0 Å². The lowest BCUT2D eigenvalue weighted by atomic mass is 10.1. The van der Waals surface area contributed by atoms with Crippen LogP contribution >= 0.6 is 0 Å². The molecule has 0 bridgehead atoms. The average Bonchev–Trinajstić information content (AvgIpc) is 3.05. The number of likely N-dealkylation sites (N-methyl/N-ethyl adjacent to an activating group) is 1. The Kier molecular flexibility index (Phi) is 3.25. The van der Waals surface area contributed by atoms with E-state index in [4.69, 9.17) is 9.47 Å². The van der Waals surface area contributed by atoms with Gasteiger partial charge in [0.1, 0.15) is 6.04 Å². The summed E-state index contributed by atoms with van der Waals surface area (Å²) in [5.41, 5.74) is 0.397. The van der Waals surface area contributed by atoms with E-state index in [1.807, 2.05) is 0 Å². The Balaban J connectivity index is 1.85. The number of hydrogen-bond donors (Lipinski definition) is 1. The van der Waals surface area contributed by atoms with Crippen LogP contribution in [0.2, 0.25) is 0 Å². The molecule has 1 saturated heterocycles. The lowest BCUT2D eigenvalue weighted by Crippen LogP contribution is -2.44. The Bertz CT molecular complexity index is 628. The van der Waals surface area contributed by atoms with Crippen molar-refractivity contribution in [1.82, 2.24) is 10.2 Å². The highest BCUT2D eigenvalue weighted by Crippen LogP contribution is 2.33. The molecule has 1 fully saturated rings. The number of amides is 3. The summed E-state index contributed by atoms with van der Waals surface area (Å²) in [6.45, 7) is 2.23. The first-order chi connectivity index (χ1) is 10.1. The Hall–Kier alpha value is -2.57. The number of nitrogens with one attached hydrogen (secondary N) is 1. The van der Waals surface area contributed by atoms with Crippen LogP contribution in [-0.4, -0.2) is 42.0 Å². The number of hydrogen-bond acceptors (Lipinski definition) is 5. The highest BCUT2D eigenvalue weighted by molar-refractivity contribution is 6.08. The summed E-state index contributed by atoms with van der Waals surface area (Å²) < 4.78 is 10.4. The second kappa shape index (κ2) is 5.08. The maximum atomic E-state index is 12.6. The number of carbonyl (C=O) groups is 3. The summed E-state index contributed by atoms with van der Waals surface area (Å²) in [4.78, 5) is 37.0. The fraction of sp³-hybridized carbons (Fsp3) is 0.357. The summed E-state index contributed by atoms with van der Waals surface area (Å²) >= 11 is 0. The van der Waals surface area contributed by atoms with E-state index < -0.39 is 11.9 Å². The maximum absolute atomic E-state index is 12.6. The molecule has 1 aromatic carbocycles. The summed E-state index contributed by atoms with van der Waals surface area (Å²) in [7, 11) is 0. The van der Waals surface area contributed by atoms with Crippen LogP contribution in [0.4, 0.5) is 0 Å². The number of rotatable bonds is 3. The molecule has 0 spiro atoms. The van der Waals surface area contributed by atoms with Gasteiger partial charge in [-0.15, -0.1) is 0 Å². The fourth-order valence-corrected chi connectivity index (χ4v) is 2.49. The van der Waals surface area contributed by atoms with Crippen molar-refractivity contribution in [3.8, 4) is 11.5 Å². The van der Waals surface area contributed by atoms with Gasteiger partial charge >= 0.3 is 0 Å². The molecule has 3 amide bonds. The van der Waals surface area contributed by atoms with Crippen LogP contribution in [0.5, 0.6) is 11.5 Å². The van der Waals surface area contributed by atoms with Gasteiger partial charge in [0.05, 0.1) is 6.42 Å². The van der Waals surface area contributed by atoms with Crippen molar-refractivity contribution >= 4 is 17.7 Å². The molecule has 7 nitrogen and oxygen atoms in total. The summed E-state index contributed by atoms with van der Waals surface area (Å²) in [5, 5.41) is 2.21.